The molecule has 2 rings (SSSR count). The minimum absolute atomic E-state index is 0.0724. The van der Waals surface area contributed by atoms with E-state index >= 15 is 0 Å². The molecule has 0 saturated heterocycles. The van der Waals surface area contributed by atoms with Gasteiger partial charge in [0.1, 0.15) is 0 Å². The summed E-state index contributed by atoms with van der Waals surface area (Å²) in [5.74, 6) is 0.0724. The Morgan fingerprint density at radius 1 is 1.05 bits per heavy atom. The van der Waals surface area contributed by atoms with Crippen molar-refractivity contribution in [1.29, 1.82) is 0 Å². The van der Waals surface area contributed by atoms with Gasteiger partial charge in [-0.15, -0.1) is 0 Å². The smallest absolute Gasteiger partial charge is 0.255 e. The molecule has 0 radical (unpaired) electrons. The first kappa shape index (κ1) is 14.8. The third-order valence-corrected chi connectivity index (χ3v) is 3.79. The van der Waals surface area contributed by atoms with Gasteiger partial charge >= 0.3 is 0 Å². The third kappa shape index (κ3) is 3.70. The first-order chi connectivity index (χ1) is 9.72. The lowest BCUT2D eigenvalue weighted by atomic mass is 10.1. The number of nitrogens with zero attached hydrogens (tertiary/aromatic N) is 1. The first-order valence-electron chi connectivity index (χ1n) is 6.80. The summed E-state index contributed by atoms with van der Waals surface area (Å²) in [6.07, 6.45) is 0.947. The van der Waals surface area contributed by atoms with Crippen molar-refractivity contribution in [2.45, 2.75) is 19.9 Å². The summed E-state index contributed by atoms with van der Waals surface area (Å²) in [6, 6.07) is 17.7. The van der Waals surface area contributed by atoms with Crippen LogP contribution in [0.5, 0.6) is 0 Å². The highest BCUT2D eigenvalue weighted by molar-refractivity contribution is 9.10. The van der Waals surface area contributed by atoms with E-state index in [1.165, 1.54) is 0 Å². The Hall–Kier alpha value is -1.61. The van der Waals surface area contributed by atoms with Crippen molar-refractivity contribution in [3.05, 3.63) is 70.2 Å². The lowest BCUT2D eigenvalue weighted by Crippen LogP contribution is -2.31. The van der Waals surface area contributed by atoms with Crippen LogP contribution in [0.3, 0.4) is 0 Å². The normalized spacial score (nSPS) is 10.3. The van der Waals surface area contributed by atoms with Gasteiger partial charge in [0.05, 0.1) is 5.56 Å². The average Bonchev–Trinajstić information content (AvgIpc) is 2.48. The van der Waals surface area contributed by atoms with Gasteiger partial charge in [0.15, 0.2) is 0 Å². The number of hydrogen-bond donors (Lipinski definition) is 0. The fourth-order valence-corrected chi connectivity index (χ4v) is 2.59. The molecule has 0 bridgehead atoms. The molecule has 104 valence electrons. The monoisotopic (exact) mass is 331 g/mol. The predicted molar refractivity (Wildman–Crippen MR) is 85.6 cm³/mol. The Morgan fingerprint density at radius 3 is 2.35 bits per heavy atom. The van der Waals surface area contributed by atoms with Crippen LogP contribution >= 0.6 is 15.9 Å². The van der Waals surface area contributed by atoms with E-state index in [0.717, 1.165) is 28.6 Å². The van der Waals surface area contributed by atoms with Crippen LogP contribution in [0.1, 0.15) is 29.3 Å². The summed E-state index contributed by atoms with van der Waals surface area (Å²) >= 11 is 3.45. The molecular weight excluding hydrogens is 314 g/mol. The van der Waals surface area contributed by atoms with Crippen molar-refractivity contribution in [2.24, 2.45) is 0 Å². The first-order valence-corrected chi connectivity index (χ1v) is 7.59. The highest BCUT2D eigenvalue weighted by atomic mass is 79.9. The van der Waals surface area contributed by atoms with Crippen LogP contribution in [0, 0.1) is 0 Å². The van der Waals surface area contributed by atoms with E-state index in [4.69, 9.17) is 0 Å². The van der Waals surface area contributed by atoms with Crippen molar-refractivity contribution in [3.8, 4) is 0 Å². The van der Waals surface area contributed by atoms with Gasteiger partial charge in [-0.2, -0.15) is 0 Å². The van der Waals surface area contributed by atoms with Crippen molar-refractivity contribution in [1.82, 2.24) is 4.90 Å². The molecule has 0 N–H and O–H groups in total. The topological polar surface area (TPSA) is 20.3 Å². The Labute approximate surface area is 128 Å². The Balaban J connectivity index is 2.20. The molecule has 2 nitrogen and oxygen atoms in total. The van der Waals surface area contributed by atoms with Gasteiger partial charge in [-0.25, -0.2) is 0 Å². The van der Waals surface area contributed by atoms with E-state index in [-0.39, 0.29) is 5.91 Å². The molecule has 0 aliphatic heterocycles. The Morgan fingerprint density at radius 2 is 1.70 bits per heavy atom. The SMILES string of the molecule is CCCN(Cc1ccccc1)C(=O)c1ccccc1Br. The summed E-state index contributed by atoms with van der Waals surface area (Å²) in [5.41, 5.74) is 1.87. The Kier molecular flexibility index (Phi) is 5.36. The zero-order valence-corrected chi connectivity index (χ0v) is 13.1. The van der Waals surface area contributed by atoms with Crippen LogP contribution in [0.2, 0.25) is 0 Å². The number of rotatable bonds is 5. The van der Waals surface area contributed by atoms with Crippen LogP contribution in [0.25, 0.3) is 0 Å². The molecular formula is C17H18BrNO. The second-order valence-corrected chi connectivity index (χ2v) is 5.55. The number of amides is 1. The molecule has 0 saturated carbocycles. The zero-order valence-electron chi connectivity index (χ0n) is 11.6. The van der Waals surface area contributed by atoms with Crippen LogP contribution in [0.4, 0.5) is 0 Å². The molecule has 1 amide bonds. The highest BCUT2D eigenvalue weighted by Gasteiger charge is 2.17. The fourth-order valence-electron chi connectivity index (χ4n) is 2.13. The van der Waals surface area contributed by atoms with Crippen molar-refractivity contribution >= 4 is 21.8 Å². The van der Waals surface area contributed by atoms with Gasteiger partial charge < -0.3 is 4.90 Å². The molecule has 0 aliphatic carbocycles. The maximum absolute atomic E-state index is 12.7. The van der Waals surface area contributed by atoms with Crippen molar-refractivity contribution in [2.75, 3.05) is 6.54 Å². The second kappa shape index (κ2) is 7.25. The van der Waals surface area contributed by atoms with E-state index in [0.29, 0.717) is 6.54 Å². The maximum atomic E-state index is 12.7. The summed E-state index contributed by atoms with van der Waals surface area (Å²) in [4.78, 5) is 14.6. The molecule has 0 atom stereocenters. The minimum atomic E-state index is 0.0724. The number of halogens is 1. The number of benzene rings is 2. The Bertz CT molecular complexity index is 568. The van der Waals surface area contributed by atoms with E-state index in [9.17, 15) is 4.79 Å². The van der Waals surface area contributed by atoms with E-state index in [1.807, 2.05) is 47.4 Å². The molecule has 0 unspecified atom stereocenters. The molecule has 20 heavy (non-hydrogen) atoms. The molecule has 2 aromatic rings. The molecule has 0 aliphatic rings. The highest BCUT2D eigenvalue weighted by Crippen LogP contribution is 2.19. The van der Waals surface area contributed by atoms with Crippen LogP contribution in [-0.4, -0.2) is 17.4 Å². The molecule has 0 fully saturated rings. The van der Waals surface area contributed by atoms with E-state index in [2.05, 4.69) is 35.0 Å². The molecule has 0 aromatic heterocycles. The number of hydrogen-bond acceptors (Lipinski definition) is 1. The number of carbonyl (C=O) groups is 1. The quantitative estimate of drug-likeness (QED) is 0.789. The summed E-state index contributed by atoms with van der Waals surface area (Å²) < 4.78 is 0.846. The summed E-state index contributed by atoms with van der Waals surface area (Å²) in [5, 5.41) is 0. The van der Waals surface area contributed by atoms with Gasteiger partial charge in [0.2, 0.25) is 0 Å². The van der Waals surface area contributed by atoms with E-state index in [1.54, 1.807) is 0 Å². The zero-order chi connectivity index (χ0) is 14.4. The van der Waals surface area contributed by atoms with Gasteiger partial charge in [0.25, 0.3) is 5.91 Å². The third-order valence-electron chi connectivity index (χ3n) is 3.10. The molecule has 0 spiro atoms. The van der Waals surface area contributed by atoms with E-state index < -0.39 is 0 Å². The van der Waals surface area contributed by atoms with Crippen LogP contribution < -0.4 is 0 Å². The van der Waals surface area contributed by atoms with Crippen molar-refractivity contribution < 1.29 is 4.79 Å². The second-order valence-electron chi connectivity index (χ2n) is 4.69. The lowest BCUT2D eigenvalue weighted by molar-refractivity contribution is 0.0742. The lowest BCUT2D eigenvalue weighted by Gasteiger charge is -2.23. The van der Waals surface area contributed by atoms with Gasteiger partial charge in [-0.1, -0.05) is 49.4 Å². The minimum Gasteiger partial charge on any atom is -0.334 e. The fraction of sp³-hybridized carbons (Fsp3) is 0.235. The summed E-state index contributed by atoms with van der Waals surface area (Å²) in [7, 11) is 0. The standard InChI is InChI=1S/C17H18BrNO/c1-2-12-19(13-14-8-4-3-5-9-14)17(20)15-10-6-7-11-16(15)18/h3-11H,2,12-13H2,1H3. The van der Waals surface area contributed by atoms with Crippen LogP contribution in [0.15, 0.2) is 59.1 Å². The maximum Gasteiger partial charge on any atom is 0.255 e. The summed E-state index contributed by atoms with van der Waals surface area (Å²) in [6.45, 7) is 3.50. The van der Waals surface area contributed by atoms with Gasteiger partial charge in [-0.3, -0.25) is 4.79 Å². The van der Waals surface area contributed by atoms with Gasteiger partial charge in [0, 0.05) is 17.6 Å². The number of carbonyl (C=O) groups excluding carboxylic acids is 1. The molecule has 3 heteroatoms. The molecule has 2 aromatic carbocycles. The van der Waals surface area contributed by atoms with Gasteiger partial charge in [-0.05, 0) is 40.0 Å². The average molecular weight is 332 g/mol. The predicted octanol–water partition coefficient (Wildman–Crippen LogP) is 4.50. The van der Waals surface area contributed by atoms with Crippen LogP contribution in [-0.2, 0) is 6.54 Å². The largest absolute Gasteiger partial charge is 0.334 e. The van der Waals surface area contributed by atoms with Crippen molar-refractivity contribution in [3.63, 3.8) is 0 Å². The molecule has 0 heterocycles.